The summed E-state index contributed by atoms with van der Waals surface area (Å²) in [6.45, 7) is 0.441. The van der Waals surface area contributed by atoms with Crippen molar-refractivity contribution < 1.29 is 9.90 Å². The molecule has 0 bridgehead atoms. The van der Waals surface area contributed by atoms with Gasteiger partial charge in [0.2, 0.25) is 0 Å². The molecule has 17 heavy (non-hydrogen) atoms. The average Bonchev–Trinajstić information content (AvgIpc) is 2.73. The number of rotatable bonds is 3. The van der Waals surface area contributed by atoms with E-state index >= 15 is 0 Å². The zero-order chi connectivity index (χ0) is 12.3. The molecule has 6 heteroatoms. The van der Waals surface area contributed by atoms with Gasteiger partial charge in [-0.3, -0.25) is 9.78 Å². The second-order valence-electron chi connectivity index (χ2n) is 3.28. The molecule has 2 heterocycles. The number of carbonyl (C=O) groups is 1. The Morgan fingerprint density at radius 3 is 2.94 bits per heavy atom. The number of carbonyl (C=O) groups excluding carboxylic acids is 1. The minimum atomic E-state index is -0.311. The molecule has 0 saturated carbocycles. The molecule has 0 unspecified atom stereocenters. The first kappa shape index (κ1) is 12.1. The number of amides is 1. The molecule has 0 saturated heterocycles. The van der Waals surface area contributed by atoms with Gasteiger partial charge in [0.25, 0.3) is 5.91 Å². The van der Waals surface area contributed by atoms with E-state index in [1.54, 1.807) is 11.3 Å². The van der Waals surface area contributed by atoms with Crippen LogP contribution in [0.2, 0.25) is 0 Å². The standard InChI is InChI=1S/C11H9BrN2O2S/c12-10-2-1-7(17-10)5-14-11(16)8-3-4-13-6-9(8)15/h1-4,6,15H,5H2,(H,14,16). The van der Waals surface area contributed by atoms with Gasteiger partial charge in [-0.05, 0) is 34.1 Å². The zero-order valence-electron chi connectivity index (χ0n) is 8.68. The topological polar surface area (TPSA) is 62.2 Å². The third-order valence-electron chi connectivity index (χ3n) is 2.10. The summed E-state index contributed by atoms with van der Waals surface area (Å²) in [5.74, 6) is -0.424. The summed E-state index contributed by atoms with van der Waals surface area (Å²) in [6.07, 6.45) is 2.72. The highest BCUT2D eigenvalue weighted by atomic mass is 79.9. The number of thiophene rings is 1. The molecule has 0 fully saturated rings. The molecule has 2 rings (SSSR count). The number of hydrogen-bond donors (Lipinski definition) is 2. The van der Waals surface area contributed by atoms with Gasteiger partial charge in [-0.2, -0.15) is 0 Å². The molecule has 2 aromatic rings. The smallest absolute Gasteiger partial charge is 0.255 e. The van der Waals surface area contributed by atoms with Crippen LogP contribution in [0.15, 0.2) is 34.4 Å². The maximum absolute atomic E-state index is 11.7. The fourth-order valence-electron chi connectivity index (χ4n) is 1.29. The number of nitrogens with one attached hydrogen (secondary N) is 1. The van der Waals surface area contributed by atoms with Crippen molar-refractivity contribution in [1.29, 1.82) is 0 Å². The summed E-state index contributed by atoms with van der Waals surface area (Å²) in [5, 5.41) is 12.2. The summed E-state index contributed by atoms with van der Waals surface area (Å²) in [4.78, 5) is 16.5. The second-order valence-corrected chi connectivity index (χ2v) is 5.83. The summed E-state index contributed by atoms with van der Waals surface area (Å²) in [7, 11) is 0. The van der Waals surface area contributed by atoms with Gasteiger partial charge in [0.1, 0.15) is 5.75 Å². The largest absolute Gasteiger partial charge is 0.505 e. The molecular weight excluding hydrogens is 304 g/mol. The van der Waals surface area contributed by atoms with E-state index < -0.39 is 0 Å². The van der Waals surface area contributed by atoms with Crippen molar-refractivity contribution in [3.8, 4) is 5.75 Å². The number of halogens is 1. The molecule has 0 spiro atoms. The fourth-order valence-corrected chi connectivity index (χ4v) is 2.71. The number of pyridine rings is 1. The molecule has 0 aromatic carbocycles. The van der Waals surface area contributed by atoms with Gasteiger partial charge in [0.05, 0.1) is 22.1 Å². The van der Waals surface area contributed by atoms with Gasteiger partial charge in [0, 0.05) is 11.1 Å². The highest BCUT2D eigenvalue weighted by Crippen LogP contribution is 2.22. The van der Waals surface area contributed by atoms with Crippen LogP contribution in [0.5, 0.6) is 5.75 Å². The minimum Gasteiger partial charge on any atom is -0.505 e. The van der Waals surface area contributed by atoms with Crippen LogP contribution in [-0.2, 0) is 6.54 Å². The Kier molecular flexibility index (Phi) is 3.75. The van der Waals surface area contributed by atoms with E-state index in [1.807, 2.05) is 12.1 Å². The van der Waals surface area contributed by atoms with Crippen LogP contribution in [0, 0.1) is 0 Å². The predicted octanol–water partition coefficient (Wildman–Crippen LogP) is 2.54. The predicted molar refractivity (Wildman–Crippen MR) is 69.1 cm³/mol. The van der Waals surface area contributed by atoms with Gasteiger partial charge >= 0.3 is 0 Å². The van der Waals surface area contributed by atoms with E-state index in [9.17, 15) is 9.90 Å². The number of nitrogens with zero attached hydrogens (tertiary/aromatic N) is 1. The average molecular weight is 313 g/mol. The van der Waals surface area contributed by atoms with Crippen LogP contribution in [-0.4, -0.2) is 16.0 Å². The van der Waals surface area contributed by atoms with Gasteiger partial charge in [0.15, 0.2) is 0 Å². The molecule has 0 radical (unpaired) electrons. The van der Waals surface area contributed by atoms with Gasteiger partial charge in [-0.25, -0.2) is 0 Å². The van der Waals surface area contributed by atoms with Crippen molar-refractivity contribution in [3.63, 3.8) is 0 Å². The summed E-state index contributed by atoms with van der Waals surface area (Å²) in [5.41, 5.74) is 0.232. The fraction of sp³-hybridized carbons (Fsp3) is 0.0909. The number of hydrogen-bond acceptors (Lipinski definition) is 4. The third kappa shape index (κ3) is 3.04. The van der Waals surface area contributed by atoms with Gasteiger partial charge in [-0.15, -0.1) is 11.3 Å². The van der Waals surface area contributed by atoms with Crippen LogP contribution in [0.25, 0.3) is 0 Å². The van der Waals surface area contributed by atoms with Crippen molar-refractivity contribution in [2.45, 2.75) is 6.54 Å². The van der Waals surface area contributed by atoms with Crippen molar-refractivity contribution in [2.24, 2.45) is 0 Å². The lowest BCUT2D eigenvalue weighted by molar-refractivity contribution is 0.0948. The summed E-state index contributed by atoms with van der Waals surface area (Å²) >= 11 is 4.91. The van der Waals surface area contributed by atoms with E-state index in [-0.39, 0.29) is 17.2 Å². The summed E-state index contributed by atoms with van der Waals surface area (Å²) in [6, 6.07) is 5.34. The van der Waals surface area contributed by atoms with Crippen LogP contribution >= 0.6 is 27.3 Å². The molecular formula is C11H9BrN2O2S. The zero-order valence-corrected chi connectivity index (χ0v) is 11.1. The lowest BCUT2D eigenvalue weighted by atomic mass is 10.2. The van der Waals surface area contributed by atoms with E-state index in [0.29, 0.717) is 6.54 Å². The van der Waals surface area contributed by atoms with E-state index in [0.717, 1.165) is 8.66 Å². The van der Waals surface area contributed by atoms with Crippen molar-refractivity contribution in [1.82, 2.24) is 10.3 Å². The molecule has 0 aliphatic heterocycles. The highest BCUT2D eigenvalue weighted by molar-refractivity contribution is 9.11. The Hall–Kier alpha value is -1.40. The van der Waals surface area contributed by atoms with Crippen LogP contribution in [0.3, 0.4) is 0 Å². The van der Waals surface area contributed by atoms with Crippen LogP contribution in [0.1, 0.15) is 15.2 Å². The van der Waals surface area contributed by atoms with Crippen molar-refractivity contribution >= 4 is 33.2 Å². The second kappa shape index (κ2) is 5.29. The maximum Gasteiger partial charge on any atom is 0.255 e. The molecule has 0 atom stereocenters. The highest BCUT2D eigenvalue weighted by Gasteiger charge is 2.10. The quantitative estimate of drug-likeness (QED) is 0.915. The molecule has 2 aromatic heterocycles. The van der Waals surface area contributed by atoms with E-state index in [2.05, 4.69) is 26.2 Å². The Balaban J connectivity index is 2.01. The van der Waals surface area contributed by atoms with Gasteiger partial charge in [-0.1, -0.05) is 0 Å². The third-order valence-corrected chi connectivity index (χ3v) is 3.72. The van der Waals surface area contributed by atoms with Crippen molar-refractivity contribution in [3.05, 3.63) is 44.8 Å². The van der Waals surface area contributed by atoms with Crippen LogP contribution in [0.4, 0.5) is 0 Å². The SMILES string of the molecule is O=C(NCc1ccc(Br)s1)c1ccncc1O. The van der Waals surface area contributed by atoms with E-state index in [4.69, 9.17) is 0 Å². The molecule has 1 amide bonds. The molecule has 88 valence electrons. The van der Waals surface area contributed by atoms with Crippen LogP contribution < -0.4 is 5.32 Å². The molecule has 0 aliphatic carbocycles. The Morgan fingerprint density at radius 1 is 1.47 bits per heavy atom. The molecule has 2 N–H and O–H groups in total. The van der Waals surface area contributed by atoms with E-state index in [1.165, 1.54) is 18.5 Å². The Bertz CT molecular complexity index is 542. The lowest BCUT2D eigenvalue weighted by Gasteiger charge is -2.04. The Morgan fingerprint density at radius 2 is 2.29 bits per heavy atom. The maximum atomic E-state index is 11.7. The minimum absolute atomic E-state index is 0.114. The molecule has 0 aliphatic rings. The first-order chi connectivity index (χ1) is 8.16. The molecule has 4 nitrogen and oxygen atoms in total. The Labute approximate surface area is 110 Å². The monoisotopic (exact) mass is 312 g/mol. The lowest BCUT2D eigenvalue weighted by Crippen LogP contribution is -2.22. The summed E-state index contributed by atoms with van der Waals surface area (Å²) < 4.78 is 1.02. The number of aromatic hydroxyl groups is 1. The normalized spacial score (nSPS) is 10.2. The first-order valence-corrected chi connectivity index (χ1v) is 6.43. The van der Waals surface area contributed by atoms with Crippen molar-refractivity contribution in [2.75, 3.05) is 0 Å². The number of aromatic nitrogens is 1. The van der Waals surface area contributed by atoms with Gasteiger partial charge < -0.3 is 10.4 Å². The first-order valence-electron chi connectivity index (χ1n) is 4.82.